The van der Waals surface area contributed by atoms with E-state index in [-0.39, 0.29) is 12.3 Å². The van der Waals surface area contributed by atoms with E-state index in [9.17, 15) is 4.79 Å². The molecule has 0 radical (unpaired) electrons. The van der Waals surface area contributed by atoms with Gasteiger partial charge in [0, 0.05) is 24.1 Å². The quantitative estimate of drug-likeness (QED) is 0.457. The molecule has 30 heavy (non-hydrogen) atoms. The summed E-state index contributed by atoms with van der Waals surface area (Å²) < 4.78 is 11.4. The van der Waals surface area contributed by atoms with Crippen LogP contribution in [0.2, 0.25) is 0 Å². The van der Waals surface area contributed by atoms with E-state index >= 15 is 0 Å². The number of hydrogen-bond acceptors (Lipinski definition) is 5. The van der Waals surface area contributed by atoms with Crippen LogP contribution in [0.5, 0.6) is 5.75 Å². The number of amides is 1. The number of nitrogens with one attached hydrogen (secondary N) is 1. The molecule has 6 heteroatoms. The Morgan fingerprint density at radius 3 is 2.30 bits per heavy atom. The number of aromatic nitrogens is 2. The monoisotopic (exact) mass is 399 g/mol. The molecule has 0 saturated carbocycles. The molecule has 0 fully saturated rings. The van der Waals surface area contributed by atoms with E-state index in [1.807, 2.05) is 84.9 Å². The molecule has 6 nitrogen and oxygen atoms in total. The molecule has 0 aliphatic rings. The van der Waals surface area contributed by atoms with Gasteiger partial charge in [0.1, 0.15) is 12.4 Å². The van der Waals surface area contributed by atoms with Gasteiger partial charge in [-0.3, -0.25) is 4.79 Å². The average molecular weight is 399 g/mol. The third kappa shape index (κ3) is 5.32. The number of benzene rings is 3. The molecule has 3 aromatic carbocycles. The van der Waals surface area contributed by atoms with E-state index in [0.717, 1.165) is 16.9 Å². The van der Waals surface area contributed by atoms with Gasteiger partial charge in [-0.2, -0.15) is 0 Å². The summed E-state index contributed by atoms with van der Waals surface area (Å²) in [5.74, 6) is 1.52. The average Bonchev–Trinajstić information content (AvgIpc) is 3.28. The lowest BCUT2D eigenvalue weighted by Crippen LogP contribution is -2.12. The molecule has 0 aliphatic carbocycles. The molecule has 1 N–H and O–H groups in total. The predicted octanol–water partition coefficient (Wildman–Crippen LogP) is 4.89. The predicted molar refractivity (Wildman–Crippen MR) is 114 cm³/mol. The maximum Gasteiger partial charge on any atom is 0.247 e. The molecule has 0 atom stereocenters. The zero-order valence-corrected chi connectivity index (χ0v) is 16.3. The van der Waals surface area contributed by atoms with Crippen molar-refractivity contribution in [2.75, 3.05) is 5.32 Å². The molecule has 4 rings (SSSR count). The summed E-state index contributed by atoms with van der Waals surface area (Å²) in [6.45, 7) is 0.502. The van der Waals surface area contributed by atoms with E-state index in [1.54, 1.807) is 0 Å². The molecule has 1 aromatic heterocycles. The van der Waals surface area contributed by atoms with Crippen LogP contribution in [0.4, 0.5) is 5.69 Å². The van der Waals surface area contributed by atoms with Gasteiger partial charge in [-0.05, 0) is 42.0 Å². The van der Waals surface area contributed by atoms with Crippen LogP contribution in [0.3, 0.4) is 0 Å². The Morgan fingerprint density at radius 1 is 0.867 bits per heavy atom. The van der Waals surface area contributed by atoms with Crippen molar-refractivity contribution in [2.45, 2.75) is 19.4 Å². The number of carbonyl (C=O) groups excluding carboxylic acids is 1. The number of aryl methyl sites for hydroxylation is 1. The molecule has 0 aliphatic heterocycles. The first-order valence-electron chi connectivity index (χ1n) is 9.71. The SMILES string of the molecule is O=C(CCc1nnc(-c2ccccc2)o1)Nc1ccc(OCc2ccccc2)cc1. The number of hydrogen-bond donors (Lipinski definition) is 1. The number of anilines is 1. The van der Waals surface area contributed by atoms with Crippen LogP contribution in [-0.4, -0.2) is 16.1 Å². The van der Waals surface area contributed by atoms with Gasteiger partial charge in [0.25, 0.3) is 0 Å². The van der Waals surface area contributed by atoms with E-state index in [2.05, 4.69) is 15.5 Å². The van der Waals surface area contributed by atoms with Crippen LogP contribution < -0.4 is 10.1 Å². The zero-order valence-electron chi connectivity index (χ0n) is 16.3. The van der Waals surface area contributed by atoms with Gasteiger partial charge in [0.05, 0.1) is 0 Å². The minimum Gasteiger partial charge on any atom is -0.489 e. The van der Waals surface area contributed by atoms with E-state index < -0.39 is 0 Å². The second-order valence-electron chi connectivity index (χ2n) is 6.71. The number of carbonyl (C=O) groups is 1. The summed E-state index contributed by atoms with van der Waals surface area (Å²) in [6, 6.07) is 26.8. The van der Waals surface area contributed by atoms with Crippen LogP contribution in [0.1, 0.15) is 17.9 Å². The van der Waals surface area contributed by atoms with Crippen molar-refractivity contribution in [1.29, 1.82) is 0 Å². The van der Waals surface area contributed by atoms with Crippen molar-refractivity contribution in [3.05, 3.63) is 96.4 Å². The van der Waals surface area contributed by atoms with Crippen molar-refractivity contribution in [1.82, 2.24) is 10.2 Å². The van der Waals surface area contributed by atoms with Crippen molar-refractivity contribution in [3.63, 3.8) is 0 Å². The van der Waals surface area contributed by atoms with Crippen LogP contribution in [0.15, 0.2) is 89.3 Å². The van der Waals surface area contributed by atoms with Gasteiger partial charge in [0.15, 0.2) is 0 Å². The van der Waals surface area contributed by atoms with Gasteiger partial charge in [0.2, 0.25) is 17.7 Å². The van der Waals surface area contributed by atoms with Gasteiger partial charge in [-0.15, -0.1) is 10.2 Å². The molecule has 0 unspecified atom stereocenters. The van der Waals surface area contributed by atoms with Gasteiger partial charge < -0.3 is 14.5 Å². The van der Waals surface area contributed by atoms with Crippen LogP contribution >= 0.6 is 0 Å². The minimum absolute atomic E-state index is 0.118. The van der Waals surface area contributed by atoms with Crippen molar-refractivity contribution < 1.29 is 13.9 Å². The van der Waals surface area contributed by atoms with Gasteiger partial charge >= 0.3 is 0 Å². The lowest BCUT2D eigenvalue weighted by atomic mass is 10.2. The molecule has 1 amide bonds. The fourth-order valence-corrected chi connectivity index (χ4v) is 2.87. The highest BCUT2D eigenvalue weighted by Crippen LogP contribution is 2.19. The van der Waals surface area contributed by atoms with E-state index in [4.69, 9.17) is 9.15 Å². The number of rotatable bonds is 8. The van der Waals surface area contributed by atoms with Gasteiger partial charge in [-0.1, -0.05) is 48.5 Å². The zero-order chi connectivity index (χ0) is 20.6. The fraction of sp³-hybridized carbons (Fsp3) is 0.125. The third-order valence-electron chi connectivity index (χ3n) is 4.44. The number of ether oxygens (including phenoxy) is 1. The first-order chi connectivity index (χ1) is 14.8. The molecular weight excluding hydrogens is 378 g/mol. The molecule has 0 spiro atoms. The minimum atomic E-state index is -0.118. The third-order valence-corrected chi connectivity index (χ3v) is 4.44. The van der Waals surface area contributed by atoms with Crippen molar-refractivity contribution in [2.24, 2.45) is 0 Å². The first-order valence-corrected chi connectivity index (χ1v) is 9.71. The Bertz CT molecular complexity index is 1080. The topological polar surface area (TPSA) is 77.2 Å². The molecule has 0 bridgehead atoms. The first kappa shape index (κ1) is 19.4. The van der Waals surface area contributed by atoms with E-state index in [1.165, 1.54) is 0 Å². The smallest absolute Gasteiger partial charge is 0.247 e. The van der Waals surface area contributed by atoms with E-state index in [0.29, 0.717) is 30.5 Å². The maximum atomic E-state index is 12.2. The summed E-state index contributed by atoms with van der Waals surface area (Å²) in [7, 11) is 0. The molecule has 1 heterocycles. The van der Waals surface area contributed by atoms with Gasteiger partial charge in [-0.25, -0.2) is 0 Å². The molecular formula is C24H21N3O3. The maximum absolute atomic E-state index is 12.2. The van der Waals surface area contributed by atoms with Crippen LogP contribution in [0, 0.1) is 0 Å². The largest absolute Gasteiger partial charge is 0.489 e. The summed E-state index contributed by atoms with van der Waals surface area (Å²) in [4.78, 5) is 12.2. The Kier molecular flexibility index (Phi) is 6.15. The Labute approximate surface area is 174 Å². The Balaban J connectivity index is 1.24. The fourth-order valence-electron chi connectivity index (χ4n) is 2.87. The van der Waals surface area contributed by atoms with Crippen molar-refractivity contribution >= 4 is 11.6 Å². The lowest BCUT2D eigenvalue weighted by Gasteiger charge is -2.08. The van der Waals surface area contributed by atoms with Crippen molar-refractivity contribution in [3.8, 4) is 17.2 Å². The van der Waals surface area contributed by atoms with Crippen LogP contribution in [0.25, 0.3) is 11.5 Å². The molecule has 150 valence electrons. The standard InChI is InChI=1S/C24H21N3O3/c28-22(15-16-23-26-27-24(30-23)19-9-5-2-6-10-19)25-20-11-13-21(14-12-20)29-17-18-7-3-1-4-8-18/h1-14H,15-17H2,(H,25,28). The number of nitrogens with zero attached hydrogens (tertiary/aromatic N) is 2. The summed E-state index contributed by atoms with van der Waals surface area (Å²) >= 11 is 0. The highest BCUT2D eigenvalue weighted by atomic mass is 16.5. The lowest BCUT2D eigenvalue weighted by molar-refractivity contribution is -0.116. The Morgan fingerprint density at radius 2 is 1.57 bits per heavy atom. The summed E-state index contributed by atoms with van der Waals surface area (Å²) in [5.41, 5.74) is 2.67. The molecule has 4 aromatic rings. The second-order valence-corrected chi connectivity index (χ2v) is 6.71. The second kappa shape index (κ2) is 9.52. The summed E-state index contributed by atoms with van der Waals surface area (Å²) in [6.07, 6.45) is 0.632. The van der Waals surface area contributed by atoms with Crippen LogP contribution in [-0.2, 0) is 17.8 Å². The summed E-state index contributed by atoms with van der Waals surface area (Å²) in [5, 5.41) is 10.9. The Hall–Kier alpha value is -3.93. The normalized spacial score (nSPS) is 10.5. The highest BCUT2D eigenvalue weighted by molar-refractivity contribution is 5.90. The molecule has 0 saturated heterocycles. The highest BCUT2D eigenvalue weighted by Gasteiger charge is 2.10.